The SMILES string of the molecule is Nc1nc(Br)c2nc[nH]c2n1. The number of nitrogens with zero attached hydrogens (tertiary/aromatic N) is 3. The van der Waals surface area contributed by atoms with E-state index in [1.807, 2.05) is 0 Å². The van der Waals surface area contributed by atoms with Gasteiger partial charge in [0.15, 0.2) is 5.65 Å². The molecule has 0 aromatic carbocycles. The number of nitrogens with one attached hydrogen (secondary N) is 1. The molecule has 0 fully saturated rings. The summed E-state index contributed by atoms with van der Waals surface area (Å²) in [4.78, 5) is 14.6. The van der Waals surface area contributed by atoms with Gasteiger partial charge in [0.25, 0.3) is 0 Å². The summed E-state index contributed by atoms with van der Waals surface area (Å²) < 4.78 is 0.612. The van der Waals surface area contributed by atoms with Gasteiger partial charge in [-0.15, -0.1) is 0 Å². The fraction of sp³-hybridized carbons (Fsp3) is 0. The zero-order valence-corrected chi connectivity index (χ0v) is 6.96. The molecule has 0 aliphatic carbocycles. The van der Waals surface area contributed by atoms with Crippen LogP contribution < -0.4 is 5.73 Å². The van der Waals surface area contributed by atoms with Crippen molar-refractivity contribution in [1.82, 2.24) is 19.9 Å². The van der Waals surface area contributed by atoms with Crippen molar-refractivity contribution in [2.24, 2.45) is 0 Å². The van der Waals surface area contributed by atoms with E-state index in [0.29, 0.717) is 15.8 Å². The van der Waals surface area contributed by atoms with Crippen LogP contribution in [0.5, 0.6) is 0 Å². The molecule has 0 unspecified atom stereocenters. The molecule has 0 radical (unpaired) electrons. The quantitative estimate of drug-likeness (QED) is 0.632. The number of imidazole rings is 1. The molecule has 0 saturated carbocycles. The zero-order chi connectivity index (χ0) is 7.84. The van der Waals surface area contributed by atoms with E-state index in [4.69, 9.17) is 5.73 Å². The Hall–Kier alpha value is -1.17. The van der Waals surface area contributed by atoms with Crippen LogP contribution in [0.3, 0.4) is 0 Å². The summed E-state index contributed by atoms with van der Waals surface area (Å²) in [5.41, 5.74) is 6.72. The third kappa shape index (κ3) is 0.949. The molecule has 0 aliphatic heterocycles. The first-order valence-electron chi connectivity index (χ1n) is 2.89. The zero-order valence-electron chi connectivity index (χ0n) is 5.37. The summed E-state index contributed by atoms with van der Waals surface area (Å²) in [6.07, 6.45) is 1.55. The number of anilines is 1. The van der Waals surface area contributed by atoms with Crippen LogP contribution in [0.25, 0.3) is 11.2 Å². The van der Waals surface area contributed by atoms with Crippen LogP contribution in [0.15, 0.2) is 10.9 Å². The minimum Gasteiger partial charge on any atom is -0.368 e. The molecule has 56 valence electrons. The van der Waals surface area contributed by atoms with Gasteiger partial charge >= 0.3 is 0 Å². The first-order valence-corrected chi connectivity index (χ1v) is 3.69. The van der Waals surface area contributed by atoms with Crippen molar-refractivity contribution >= 4 is 33.0 Å². The predicted molar refractivity (Wildman–Crippen MR) is 43.8 cm³/mol. The predicted octanol–water partition coefficient (Wildman–Crippen LogP) is 0.698. The van der Waals surface area contributed by atoms with Crippen LogP contribution >= 0.6 is 15.9 Å². The van der Waals surface area contributed by atoms with Gasteiger partial charge in [-0.3, -0.25) is 0 Å². The average Bonchev–Trinajstić information content (AvgIpc) is 2.34. The topological polar surface area (TPSA) is 80.5 Å². The third-order valence-electron chi connectivity index (χ3n) is 1.25. The van der Waals surface area contributed by atoms with E-state index in [0.717, 1.165) is 0 Å². The van der Waals surface area contributed by atoms with Gasteiger partial charge in [0.2, 0.25) is 5.95 Å². The molecule has 2 rings (SSSR count). The number of fused-ring (bicyclic) bond motifs is 1. The molecule has 0 bridgehead atoms. The van der Waals surface area contributed by atoms with E-state index in [-0.39, 0.29) is 5.95 Å². The lowest BCUT2D eigenvalue weighted by Gasteiger charge is -1.92. The number of rotatable bonds is 0. The van der Waals surface area contributed by atoms with E-state index in [9.17, 15) is 0 Å². The van der Waals surface area contributed by atoms with Crippen molar-refractivity contribution in [2.45, 2.75) is 0 Å². The monoisotopic (exact) mass is 213 g/mol. The van der Waals surface area contributed by atoms with Crippen molar-refractivity contribution in [3.63, 3.8) is 0 Å². The average molecular weight is 214 g/mol. The summed E-state index contributed by atoms with van der Waals surface area (Å²) in [7, 11) is 0. The van der Waals surface area contributed by atoms with Gasteiger partial charge in [-0.25, -0.2) is 9.97 Å². The highest BCUT2D eigenvalue weighted by Crippen LogP contribution is 2.17. The molecule has 0 saturated heterocycles. The molecule has 0 spiro atoms. The minimum absolute atomic E-state index is 0.230. The van der Waals surface area contributed by atoms with Crippen LogP contribution in [0, 0.1) is 0 Å². The van der Waals surface area contributed by atoms with Gasteiger partial charge in [0, 0.05) is 0 Å². The first kappa shape index (κ1) is 6.53. The van der Waals surface area contributed by atoms with Gasteiger partial charge in [-0.1, -0.05) is 0 Å². The molecular formula is C5H4BrN5. The highest BCUT2D eigenvalue weighted by Gasteiger charge is 2.04. The summed E-state index contributed by atoms with van der Waals surface area (Å²) in [5, 5.41) is 0. The highest BCUT2D eigenvalue weighted by molar-refractivity contribution is 9.10. The van der Waals surface area contributed by atoms with E-state index in [1.54, 1.807) is 6.33 Å². The van der Waals surface area contributed by atoms with E-state index in [2.05, 4.69) is 35.9 Å². The number of aromatic amines is 1. The Balaban J connectivity index is 2.91. The maximum Gasteiger partial charge on any atom is 0.223 e. The van der Waals surface area contributed by atoms with Crippen LogP contribution in [0.4, 0.5) is 5.95 Å². The van der Waals surface area contributed by atoms with Crippen LogP contribution in [0.1, 0.15) is 0 Å². The number of aromatic nitrogens is 4. The number of hydrogen-bond donors (Lipinski definition) is 2. The van der Waals surface area contributed by atoms with Gasteiger partial charge in [-0.2, -0.15) is 4.98 Å². The molecule has 6 heteroatoms. The van der Waals surface area contributed by atoms with E-state index >= 15 is 0 Å². The maximum atomic E-state index is 5.38. The largest absolute Gasteiger partial charge is 0.368 e. The van der Waals surface area contributed by atoms with Gasteiger partial charge < -0.3 is 10.7 Å². The first-order chi connectivity index (χ1) is 5.27. The lowest BCUT2D eigenvalue weighted by Crippen LogP contribution is -1.95. The Morgan fingerprint density at radius 1 is 1.45 bits per heavy atom. The summed E-state index contributed by atoms with van der Waals surface area (Å²) in [5.74, 6) is 0.230. The van der Waals surface area contributed by atoms with Crippen molar-refractivity contribution in [2.75, 3.05) is 5.73 Å². The lowest BCUT2D eigenvalue weighted by molar-refractivity contribution is 1.19. The third-order valence-corrected chi connectivity index (χ3v) is 1.81. The van der Waals surface area contributed by atoms with Crippen molar-refractivity contribution < 1.29 is 0 Å². The number of halogens is 1. The Bertz CT molecular complexity index is 395. The Morgan fingerprint density at radius 3 is 3.09 bits per heavy atom. The van der Waals surface area contributed by atoms with Crippen molar-refractivity contribution in [3.05, 3.63) is 10.9 Å². The van der Waals surface area contributed by atoms with Gasteiger partial charge in [0.1, 0.15) is 10.1 Å². The molecule has 0 atom stereocenters. The second kappa shape index (κ2) is 2.16. The molecule has 2 aromatic heterocycles. The fourth-order valence-corrected chi connectivity index (χ4v) is 1.29. The Morgan fingerprint density at radius 2 is 2.27 bits per heavy atom. The number of nitrogens with two attached hydrogens (primary N) is 1. The standard InChI is InChI=1S/C5H4BrN5/c6-3-2-4(9-1-8-2)11-5(7)10-3/h1H,(H3,7,8,9,10,11). The number of hydrogen-bond acceptors (Lipinski definition) is 4. The van der Waals surface area contributed by atoms with Crippen molar-refractivity contribution in [3.8, 4) is 0 Å². The summed E-state index contributed by atoms with van der Waals surface area (Å²) in [6.45, 7) is 0. The molecule has 0 aliphatic rings. The maximum absolute atomic E-state index is 5.38. The molecule has 2 heterocycles. The second-order valence-electron chi connectivity index (χ2n) is 1.97. The number of H-pyrrole nitrogens is 1. The smallest absolute Gasteiger partial charge is 0.223 e. The van der Waals surface area contributed by atoms with Gasteiger partial charge in [-0.05, 0) is 15.9 Å². The Labute approximate surface area is 70.2 Å². The summed E-state index contributed by atoms with van der Waals surface area (Å²) >= 11 is 3.21. The Kier molecular flexibility index (Phi) is 1.28. The normalized spacial score (nSPS) is 10.6. The highest BCUT2D eigenvalue weighted by atomic mass is 79.9. The molecule has 5 nitrogen and oxygen atoms in total. The molecule has 3 N–H and O–H groups in total. The van der Waals surface area contributed by atoms with E-state index < -0.39 is 0 Å². The fourth-order valence-electron chi connectivity index (χ4n) is 0.817. The number of nitrogen functional groups attached to an aromatic ring is 1. The van der Waals surface area contributed by atoms with Gasteiger partial charge in [0.05, 0.1) is 6.33 Å². The van der Waals surface area contributed by atoms with Crippen LogP contribution in [-0.4, -0.2) is 19.9 Å². The second-order valence-corrected chi connectivity index (χ2v) is 2.72. The summed E-state index contributed by atoms with van der Waals surface area (Å²) in [6, 6.07) is 0. The van der Waals surface area contributed by atoms with Crippen molar-refractivity contribution in [1.29, 1.82) is 0 Å². The van der Waals surface area contributed by atoms with Crippen LogP contribution in [-0.2, 0) is 0 Å². The van der Waals surface area contributed by atoms with Crippen LogP contribution in [0.2, 0.25) is 0 Å². The lowest BCUT2D eigenvalue weighted by atomic mass is 10.6. The molecule has 2 aromatic rings. The molecule has 11 heavy (non-hydrogen) atoms. The molecular weight excluding hydrogens is 210 g/mol. The van der Waals surface area contributed by atoms with E-state index in [1.165, 1.54) is 0 Å². The minimum atomic E-state index is 0.230. The molecule has 0 amide bonds.